The highest BCUT2D eigenvalue weighted by atomic mass is 16.3. The summed E-state index contributed by atoms with van der Waals surface area (Å²) < 4.78 is 6.26. The molecular weight excluding hydrogens is 593 g/mol. The van der Waals surface area contributed by atoms with Crippen molar-refractivity contribution in [3.8, 4) is 44.5 Å². The van der Waals surface area contributed by atoms with E-state index in [2.05, 4.69) is 170 Å². The number of rotatable bonds is 4. The topological polar surface area (TPSA) is 13.1 Å². The van der Waals surface area contributed by atoms with Crippen molar-refractivity contribution in [3.05, 3.63) is 182 Å². The second kappa shape index (κ2) is 11.1. The van der Waals surface area contributed by atoms with Crippen LogP contribution in [0.3, 0.4) is 0 Å². The molecule has 228 valence electrons. The molecule has 0 saturated heterocycles. The van der Waals surface area contributed by atoms with E-state index in [1.54, 1.807) is 0 Å². The van der Waals surface area contributed by atoms with E-state index in [0.29, 0.717) is 0 Å². The Kier molecular flexibility index (Phi) is 6.25. The maximum atomic E-state index is 6.26. The zero-order chi connectivity index (χ0) is 32.3. The van der Waals surface area contributed by atoms with Gasteiger partial charge in [0.15, 0.2) is 0 Å². The Hall–Kier alpha value is -6.44. The number of benzene rings is 9. The van der Waals surface area contributed by atoms with E-state index in [1.165, 1.54) is 71.3 Å². The third-order valence-electron chi connectivity index (χ3n) is 10.1. The smallest absolute Gasteiger partial charge is 0.135 e. The van der Waals surface area contributed by atoms with Gasteiger partial charge in [0.25, 0.3) is 0 Å². The second-order valence-corrected chi connectivity index (χ2v) is 12.8. The number of para-hydroxylation sites is 1. The quantitative estimate of drug-likeness (QED) is 0.178. The molecule has 0 atom stereocenters. The zero-order valence-electron chi connectivity index (χ0n) is 26.7. The zero-order valence-corrected chi connectivity index (χ0v) is 26.7. The Morgan fingerprint density at radius 3 is 1.51 bits per heavy atom. The molecule has 49 heavy (non-hydrogen) atoms. The number of hydrogen-bond acceptors (Lipinski definition) is 1. The molecule has 0 fully saturated rings. The predicted molar refractivity (Wildman–Crippen MR) is 208 cm³/mol. The third-order valence-corrected chi connectivity index (χ3v) is 10.1. The molecule has 0 aliphatic rings. The summed E-state index contributed by atoms with van der Waals surface area (Å²) in [4.78, 5) is 0. The van der Waals surface area contributed by atoms with Gasteiger partial charge in [-0.15, -0.1) is 0 Å². The van der Waals surface area contributed by atoms with Gasteiger partial charge < -0.3 is 4.42 Å². The molecule has 10 aromatic rings. The molecule has 0 aliphatic carbocycles. The summed E-state index contributed by atoms with van der Waals surface area (Å²) in [5.41, 5.74) is 11.6. The Morgan fingerprint density at radius 1 is 0.265 bits per heavy atom. The van der Waals surface area contributed by atoms with Gasteiger partial charge in [-0.3, -0.25) is 0 Å². The summed E-state index contributed by atoms with van der Waals surface area (Å²) in [6.07, 6.45) is 0. The normalized spacial score (nSPS) is 11.7. The van der Waals surface area contributed by atoms with E-state index in [0.717, 1.165) is 27.5 Å². The molecule has 1 heteroatoms. The molecule has 0 amide bonds. The first-order valence-corrected chi connectivity index (χ1v) is 16.8. The monoisotopic (exact) mass is 622 g/mol. The largest absolute Gasteiger partial charge is 0.456 e. The number of fused-ring (bicyclic) bond motifs is 6. The Bertz CT molecular complexity index is 2820. The highest BCUT2D eigenvalue weighted by Gasteiger charge is 2.22. The lowest BCUT2D eigenvalue weighted by atomic mass is 9.80. The summed E-state index contributed by atoms with van der Waals surface area (Å²) in [5.74, 6) is 0. The van der Waals surface area contributed by atoms with E-state index in [1.807, 2.05) is 12.1 Å². The van der Waals surface area contributed by atoms with Crippen LogP contribution in [0.2, 0.25) is 0 Å². The van der Waals surface area contributed by atoms with Crippen LogP contribution in [0.15, 0.2) is 186 Å². The minimum Gasteiger partial charge on any atom is -0.456 e. The third kappa shape index (κ3) is 4.40. The summed E-state index contributed by atoms with van der Waals surface area (Å²) in [7, 11) is 0. The SMILES string of the molecule is c1ccc(-c2c3ccccc3c(-c3c(-c4ccc5ccccc5c4)cccc3-c3ccc4oc5ccccc5c4c3)c3ccccc23)cc1. The predicted octanol–water partition coefficient (Wildman–Crippen LogP) is 13.7. The van der Waals surface area contributed by atoms with Crippen LogP contribution in [0, 0.1) is 0 Å². The number of hydrogen-bond donors (Lipinski definition) is 0. The first-order valence-electron chi connectivity index (χ1n) is 16.8. The Morgan fingerprint density at radius 2 is 0.796 bits per heavy atom. The fraction of sp³-hybridized carbons (Fsp3) is 0. The van der Waals surface area contributed by atoms with E-state index in [-0.39, 0.29) is 0 Å². The van der Waals surface area contributed by atoms with E-state index in [9.17, 15) is 0 Å². The van der Waals surface area contributed by atoms with Crippen molar-refractivity contribution in [1.29, 1.82) is 0 Å². The van der Waals surface area contributed by atoms with E-state index < -0.39 is 0 Å². The van der Waals surface area contributed by atoms with Crippen LogP contribution in [0.1, 0.15) is 0 Å². The fourth-order valence-corrected chi connectivity index (χ4v) is 7.87. The van der Waals surface area contributed by atoms with Crippen molar-refractivity contribution in [1.82, 2.24) is 0 Å². The summed E-state index contributed by atoms with van der Waals surface area (Å²) in [6, 6.07) is 66.0. The van der Waals surface area contributed by atoms with E-state index in [4.69, 9.17) is 4.42 Å². The standard InChI is InChI=1S/C48H30O/c1-2-14-32(15-3-1)46-39-18-6-8-20-41(39)48(42-21-9-7-19-40(42)46)47-36(34-26-25-31-13-4-5-16-33(31)29-34)22-12-23-37(47)35-27-28-45-43(30-35)38-17-10-11-24-44(38)49-45/h1-30H. The van der Waals surface area contributed by atoms with Crippen molar-refractivity contribution in [2.24, 2.45) is 0 Å². The Balaban J connectivity index is 1.36. The highest BCUT2D eigenvalue weighted by Crippen LogP contribution is 2.49. The molecule has 9 aromatic carbocycles. The number of furan rings is 1. The van der Waals surface area contributed by atoms with E-state index >= 15 is 0 Å². The average Bonchev–Trinajstić information content (AvgIpc) is 3.55. The molecule has 0 aliphatic heterocycles. The maximum Gasteiger partial charge on any atom is 0.135 e. The lowest BCUT2D eigenvalue weighted by Crippen LogP contribution is -1.95. The van der Waals surface area contributed by atoms with Gasteiger partial charge in [0.1, 0.15) is 11.2 Å². The first-order chi connectivity index (χ1) is 24.3. The Labute approximate surface area is 284 Å². The highest BCUT2D eigenvalue weighted by molar-refractivity contribution is 6.24. The lowest BCUT2D eigenvalue weighted by Gasteiger charge is -2.22. The van der Waals surface area contributed by atoms with Crippen molar-refractivity contribution in [3.63, 3.8) is 0 Å². The van der Waals surface area contributed by atoms with Crippen molar-refractivity contribution in [2.45, 2.75) is 0 Å². The molecule has 0 unspecified atom stereocenters. The lowest BCUT2D eigenvalue weighted by molar-refractivity contribution is 0.669. The van der Waals surface area contributed by atoms with Crippen LogP contribution in [0.25, 0.3) is 98.8 Å². The van der Waals surface area contributed by atoms with Crippen LogP contribution in [0.5, 0.6) is 0 Å². The van der Waals surface area contributed by atoms with Crippen LogP contribution in [-0.2, 0) is 0 Å². The van der Waals surface area contributed by atoms with Gasteiger partial charge in [0, 0.05) is 10.8 Å². The van der Waals surface area contributed by atoms with Gasteiger partial charge >= 0.3 is 0 Å². The van der Waals surface area contributed by atoms with Gasteiger partial charge in [-0.05, 0) is 101 Å². The summed E-state index contributed by atoms with van der Waals surface area (Å²) >= 11 is 0. The van der Waals surface area contributed by atoms with Gasteiger partial charge in [0.2, 0.25) is 0 Å². The van der Waals surface area contributed by atoms with Crippen molar-refractivity contribution < 1.29 is 4.42 Å². The average molecular weight is 623 g/mol. The van der Waals surface area contributed by atoms with Crippen molar-refractivity contribution in [2.75, 3.05) is 0 Å². The molecule has 0 bridgehead atoms. The molecule has 0 N–H and O–H groups in total. The fourth-order valence-electron chi connectivity index (χ4n) is 7.87. The minimum absolute atomic E-state index is 0.903. The molecule has 1 nitrogen and oxygen atoms in total. The van der Waals surface area contributed by atoms with Gasteiger partial charge in [-0.2, -0.15) is 0 Å². The first kappa shape index (κ1) is 27.7. The molecule has 0 spiro atoms. The van der Waals surface area contributed by atoms with Crippen LogP contribution in [-0.4, -0.2) is 0 Å². The second-order valence-electron chi connectivity index (χ2n) is 12.8. The van der Waals surface area contributed by atoms with Gasteiger partial charge in [0.05, 0.1) is 0 Å². The maximum absolute atomic E-state index is 6.26. The molecule has 1 aromatic heterocycles. The molecule has 0 saturated carbocycles. The molecule has 10 rings (SSSR count). The summed E-state index contributed by atoms with van der Waals surface area (Å²) in [5, 5.41) is 9.71. The minimum atomic E-state index is 0.903. The van der Waals surface area contributed by atoms with Crippen LogP contribution in [0.4, 0.5) is 0 Å². The van der Waals surface area contributed by atoms with Crippen LogP contribution < -0.4 is 0 Å². The van der Waals surface area contributed by atoms with Gasteiger partial charge in [-0.25, -0.2) is 0 Å². The molecule has 0 radical (unpaired) electrons. The molecular formula is C48H30O. The summed E-state index contributed by atoms with van der Waals surface area (Å²) in [6.45, 7) is 0. The van der Waals surface area contributed by atoms with Crippen LogP contribution >= 0.6 is 0 Å². The van der Waals surface area contributed by atoms with Crippen molar-refractivity contribution >= 4 is 54.3 Å². The van der Waals surface area contributed by atoms with Gasteiger partial charge in [-0.1, -0.05) is 158 Å². The molecule has 1 heterocycles.